The summed E-state index contributed by atoms with van der Waals surface area (Å²) in [6.07, 6.45) is -0.342. The van der Waals surface area contributed by atoms with E-state index in [9.17, 15) is 9.59 Å². The highest BCUT2D eigenvalue weighted by Crippen LogP contribution is 2.16. The van der Waals surface area contributed by atoms with Gasteiger partial charge in [0.15, 0.2) is 0 Å². The van der Waals surface area contributed by atoms with Crippen LogP contribution in [0.5, 0.6) is 0 Å². The highest BCUT2D eigenvalue weighted by atomic mass is 16.6. The van der Waals surface area contributed by atoms with Crippen molar-refractivity contribution in [3.8, 4) is 0 Å². The second kappa shape index (κ2) is 13.6. The number of methoxy groups -OCH3 is 1. The van der Waals surface area contributed by atoms with Crippen LogP contribution in [-0.2, 0) is 35.7 Å². The van der Waals surface area contributed by atoms with Crippen molar-refractivity contribution in [2.24, 2.45) is 0 Å². The van der Waals surface area contributed by atoms with Gasteiger partial charge in [0, 0.05) is 58.1 Å². The van der Waals surface area contributed by atoms with E-state index >= 15 is 0 Å². The topological polar surface area (TPSA) is 101 Å². The number of ether oxygens (including phenoxy) is 2. The molecule has 0 fully saturated rings. The smallest absolute Gasteiger partial charge is 0.410 e. The Kier molecular flexibility index (Phi) is 10.0. The van der Waals surface area contributed by atoms with Crippen molar-refractivity contribution in [1.29, 1.82) is 0 Å². The molecule has 41 heavy (non-hydrogen) atoms. The van der Waals surface area contributed by atoms with Gasteiger partial charge in [-0.1, -0.05) is 18.2 Å². The van der Waals surface area contributed by atoms with E-state index < -0.39 is 11.6 Å². The summed E-state index contributed by atoms with van der Waals surface area (Å²) in [4.78, 5) is 45.7. The lowest BCUT2D eigenvalue weighted by Crippen LogP contribution is -2.45. The molecule has 0 saturated carbocycles. The molecule has 1 amide bonds. The van der Waals surface area contributed by atoms with E-state index in [-0.39, 0.29) is 11.8 Å². The van der Waals surface area contributed by atoms with Crippen molar-refractivity contribution in [1.82, 2.24) is 29.7 Å². The molecule has 218 valence electrons. The van der Waals surface area contributed by atoms with Gasteiger partial charge < -0.3 is 14.4 Å². The zero-order valence-corrected chi connectivity index (χ0v) is 24.7. The van der Waals surface area contributed by atoms with Gasteiger partial charge in [0.2, 0.25) is 0 Å². The molecule has 4 heterocycles. The largest absolute Gasteiger partial charge is 0.464 e. The van der Waals surface area contributed by atoms with Crippen LogP contribution in [0, 0.1) is 6.92 Å². The number of hydrogen-bond donors (Lipinski definition) is 0. The minimum atomic E-state index is -0.606. The molecule has 3 aromatic heterocycles. The van der Waals surface area contributed by atoms with Crippen LogP contribution < -0.4 is 0 Å². The number of fused-ring (bicyclic) bond motifs is 2. The van der Waals surface area contributed by atoms with Gasteiger partial charge in [-0.25, -0.2) is 14.6 Å². The van der Waals surface area contributed by atoms with E-state index in [4.69, 9.17) is 19.4 Å². The quantitative estimate of drug-likeness (QED) is 0.425. The van der Waals surface area contributed by atoms with E-state index in [0.29, 0.717) is 52.4 Å². The van der Waals surface area contributed by atoms with Crippen molar-refractivity contribution in [3.63, 3.8) is 0 Å². The molecule has 0 aliphatic carbocycles. The average Bonchev–Trinajstić information content (AvgIpc) is 2.91. The van der Waals surface area contributed by atoms with E-state index in [2.05, 4.69) is 14.8 Å². The monoisotopic (exact) mass is 560 g/mol. The first kappa shape index (κ1) is 30.1. The van der Waals surface area contributed by atoms with Crippen LogP contribution in [0.3, 0.4) is 0 Å². The summed E-state index contributed by atoms with van der Waals surface area (Å²) in [5.74, 6) is -0.476. The van der Waals surface area contributed by atoms with Gasteiger partial charge in [-0.05, 0) is 64.1 Å². The molecule has 4 rings (SSSR count). The maximum Gasteiger partial charge on any atom is 0.410 e. The summed E-state index contributed by atoms with van der Waals surface area (Å²) in [6, 6.07) is 17.4. The number of pyridine rings is 3. The molecular formula is C31H40N6O4. The van der Waals surface area contributed by atoms with E-state index in [1.54, 1.807) is 17.0 Å². The van der Waals surface area contributed by atoms with Crippen LogP contribution in [0.1, 0.15) is 59.7 Å². The molecule has 0 N–H and O–H groups in total. The second-order valence-corrected chi connectivity index (χ2v) is 11.3. The van der Waals surface area contributed by atoms with Crippen LogP contribution in [0.2, 0.25) is 0 Å². The molecule has 0 unspecified atom stereocenters. The number of nitrogens with zero attached hydrogens (tertiary/aromatic N) is 6. The van der Waals surface area contributed by atoms with Crippen LogP contribution in [0.25, 0.3) is 0 Å². The van der Waals surface area contributed by atoms with E-state index in [1.165, 1.54) is 7.11 Å². The fourth-order valence-electron chi connectivity index (χ4n) is 4.67. The summed E-state index contributed by atoms with van der Waals surface area (Å²) in [5.41, 5.74) is 4.21. The summed E-state index contributed by atoms with van der Waals surface area (Å²) >= 11 is 0. The first-order valence-corrected chi connectivity index (χ1v) is 13.9. The third kappa shape index (κ3) is 9.33. The number of carbonyl (C=O) groups is 2. The minimum absolute atomic E-state index is 0.262. The van der Waals surface area contributed by atoms with Crippen LogP contribution in [0.15, 0.2) is 54.6 Å². The fraction of sp³-hybridized carbons (Fsp3) is 0.452. The summed E-state index contributed by atoms with van der Waals surface area (Å²) in [7, 11) is 1.34. The molecule has 0 saturated heterocycles. The predicted octanol–water partition coefficient (Wildman–Crippen LogP) is 4.22. The first-order chi connectivity index (χ1) is 19.6. The second-order valence-electron chi connectivity index (χ2n) is 11.3. The molecule has 1 aliphatic rings. The van der Waals surface area contributed by atoms with Crippen LogP contribution >= 0.6 is 0 Å². The number of hydrogen-bond acceptors (Lipinski definition) is 9. The average molecular weight is 561 g/mol. The Bertz CT molecular complexity index is 1340. The maximum atomic E-state index is 13.3. The number of amides is 1. The highest BCUT2D eigenvalue weighted by Gasteiger charge is 2.24. The zero-order valence-electron chi connectivity index (χ0n) is 24.7. The molecule has 10 heteroatoms. The number of aromatic nitrogens is 3. The van der Waals surface area contributed by atoms with Gasteiger partial charge in [-0.15, -0.1) is 0 Å². The third-order valence-electron chi connectivity index (χ3n) is 6.58. The highest BCUT2D eigenvalue weighted by molar-refractivity contribution is 5.87. The molecule has 0 radical (unpaired) electrons. The lowest BCUT2D eigenvalue weighted by Gasteiger charge is -2.32. The molecule has 10 nitrogen and oxygen atoms in total. The van der Waals surface area contributed by atoms with Crippen LogP contribution in [0.4, 0.5) is 4.79 Å². The molecule has 2 bridgehead atoms. The van der Waals surface area contributed by atoms with Crippen molar-refractivity contribution in [2.45, 2.75) is 59.5 Å². The molecule has 0 spiro atoms. The Morgan fingerprint density at radius 2 is 1.34 bits per heavy atom. The van der Waals surface area contributed by atoms with Gasteiger partial charge in [0.25, 0.3) is 0 Å². The summed E-state index contributed by atoms with van der Waals surface area (Å²) < 4.78 is 10.6. The van der Waals surface area contributed by atoms with Gasteiger partial charge in [-0.2, -0.15) is 0 Å². The number of rotatable bonds is 5. The van der Waals surface area contributed by atoms with Gasteiger partial charge in [-0.3, -0.25) is 19.8 Å². The van der Waals surface area contributed by atoms with Crippen LogP contribution in [-0.4, -0.2) is 80.6 Å². The Morgan fingerprint density at radius 1 is 0.780 bits per heavy atom. The predicted molar refractivity (Wildman–Crippen MR) is 155 cm³/mol. The normalized spacial score (nSPS) is 15.5. The van der Waals surface area contributed by atoms with Gasteiger partial charge in [0.1, 0.15) is 11.3 Å². The van der Waals surface area contributed by atoms with Crippen molar-refractivity contribution >= 4 is 12.1 Å². The molecule has 0 aromatic carbocycles. The standard InChI is InChI=1S/C31H40N6O4/c1-23-9-6-10-24(32-23)19-35-15-17-37(30(39)41-31(2,3)4)18-16-36(21-26-12-7-11-25(20-35)33-26)22-27-13-8-14-28(34-27)29(38)40-5/h6-14H,15-22H2,1-5H3. The van der Waals surface area contributed by atoms with E-state index in [0.717, 1.165) is 28.5 Å². The van der Waals surface area contributed by atoms with E-state index in [1.807, 2.05) is 70.2 Å². The number of carbonyl (C=O) groups excluding carboxylic acids is 2. The van der Waals surface area contributed by atoms with Gasteiger partial charge in [0.05, 0.1) is 29.9 Å². The Balaban J connectivity index is 1.61. The van der Waals surface area contributed by atoms with Crippen molar-refractivity contribution in [2.75, 3.05) is 33.3 Å². The SMILES string of the molecule is COC(=O)c1cccc(CN2CCN(C(=O)OC(C)(C)C)CCN(Cc3cccc(C)n3)Cc3cccc(n3)C2)n1. The Labute approximate surface area is 242 Å². The number of esters is 1. The minimum Gasteiger partial charge on any atom is -0.464 e. The fourth-order valence-corrected chi connectivity index (χ4v) is 4.67. The lowest BCUT2D eigenvalue weighted by molar-refractivity contribution is 0.0204. The number of aryl methyl sites for hydroxylation is 1. The summed E-state index contributed by atoms with van der Waals surface area (Å²) in [6.45, 7) is 12.1. The van der Waals surface area contributed by atoms with Crippen molar-refractivity contribution < 1.29 is 19.1 Å². The molecule has 3 aromatic rings. The molecule has 0 atom stereocenters. The lowest BCUT2D eigenvalue weighted by atomic mass is 10.2. The summed E-state index contributed by atoms with van der Waals surface area (Å²) in [5, 5.41) is 0. The Hall–Kier alpha value is -3.89. The Morgan fingerprint density at radius 3 is 1.90 bits per heavy atom. The maximum absolute atomic E-state index is 13.3. The first-order valence-electron chi connectivity index (χ1n) is 13.9. The van der Waals surface area contributed by atoms with Crippen molar-refractivity contribution in [3.05, 3.63) is 88.8 Å². The molecule has 1 aliphatic heterocycles. The van der Waals surface area contributed by atoms with Gasteiger partial charge >= 0.3 is 12.1 Å². The zero-order chi connectivity index (χ0) is 29.4. The third-order valence-corrected chi connectivity index (χ3v) is 6.58. The molecular weight excluding hydrogens is 520 g/mol.